The molecule has 0 unspecified atom stereocenters. The first kappa shape index (κ1) is 24.5. The van der Waals surface area contributed by atoms with E-state index < -0.39 is 5.82 Å². The van der Waals surface area contributed by atoms with Crippen molar-refractivity contribution in [3.05, 3.63) is 124 Å². The van der Waals surface area contributed by atoms with Crippen LogP contribution in [0.4, 0.5) is 10.1 Å². The number of hydrogen-bond donors (Lipinski definition) is 1. The predicted molar refractivity (Wildman–Crippen MR) is 139 cm³/mol. The van der Waals surface area contributed by atoms with Crippen molar-refractivity contribution < 1.29 is 14.0 Å². The number of halogens is 3. The van der Waals surface area contributed by atoms with Gasteiger partial charge in [0, 0.05) is 29.4 Å². The van der Waals surface area contributed by atoms with Gasteiger partial charge in [-0.25, -0.2) is 4.39 Å². The van der Waals surface area contributed by atoms with Crippen molar-refractivity contribution in [2.45, 2.75) is 0 Å². The summed E-state index contributed by atoms with van der Waals surface area (Å²) < 4.78 is 13.5. The number of carbonyl (C=O) groups excluding carboxylic acids is 2. The van der Waals surface area contributed by atoms with Gasteiger partial charge in [0.2, 0.25) is 0 Å². The molecule has 0 fully saturated rings. The third-order valence-corrected chi connectivity index (χ3v) is 5.97. The smallest absolute Gasteiger partial charge is 0.259 e. The number of anilines is 1. The number of carbonyl (C=O) groups is 2. The van der Waals surface area contributed by atoms with Crippen LogP contribution >= 0.6 is 23.2 Å². The maximum atomic E-state index is 13.5. The first-order valence-electron chi connectivity index (χ1n) is 10.9. The Hall–Kier alpha value is -3.67. The Labute approximate surface area is 212 Å². The molecule has 4 nitrogen and oxygen atoms in total. The van der Waals surface area contributed by atoms with E-state index in [0.29, 0.717) is 16.3 Å². The Kier molecular flexibility index (Phi) is 7.80. The van der Waals surface area contributed by atoms with Crippen LogP contribution in [0.1, 0.15) is 20.7 Å². The Morgan fingerprint density at radius 2 is 1.46 bits per heavy atom. The number of nitrogens with one attached hydrogen (secondary N) is 1. The average Bonchev–Trinajstić information content (AvgIpc) is 2.87. The van der Waals surface area contributed by atoms with Crippen LogP contribution in [0.3, 0.4) is 0 Å². The molecule has 2 amide bonds. The van der Waals surface area contributed by atoms with Gasteiger partial charge in [0.15, 0.2) is 0 Å². The zero-order valence-electron chi connectivity index (χ0n) is 18.5. The van der Waals surface area contributed by atoms with E-state index >= 15 is 0 Å². The van der Waals surface area contributed by atoms with Crippen molar-refractivity contribution in [2.75, 3.05) is 18.0 Å². The van der Waals surface area contributed by atoms with Crippen LogP contribution in [-0.4, -0.2) is 24.9 Å². The molecule has 35 heavy (non-hydrogen) atoms. The highest BCUT2D eigenvalue weighted by Gasteiger charge is 2.21. The van der Waals surface area contributed by atoms with E-state index in [0.717, 1.165) is 11.1 Å². The molecule has 176 valence electrons. The Morgan fingerprint density at radius 1 is 0.800 bits per heavy atom. The lowest BCUT2D eigenvalue weighted by atomic mass is 10.0. The first-order valence-corrected chi connectivity index (χ1v) is 11.6. The van der Waals surface area contributed by atoms with Gasteiger partial charge >= 0.3 is 0 Å². The van der Waals surface area contributed by atoms with Gasteiger partial charge in [-0.1, -0.05) is 65.7 Å². The van der Waals surface area contributed by atoms with Crippen molar-refractivity contribution >= 4 is 40.7 Å². The lowest BCUT2D eigenvalue weighted by Crippen LogP contribution is -2.39. The Bertz CT molecular complexity index is 1330. The fraction of sp³-hybridized carbons (Fsp3) is 0.0714. The summed E-state index contributed by atoms with van der Waals surface area (Å²) in [6.45, 7) is 0.324. The average molecular weight is 507 g/mol. The topological polar surface area (TPSA) is 49.4 Å². The SMILES string of the molecule is O=C(NCCN(C(=O)c1ccc(Cl)cc1Cl)c1ccc(F)cc1)c1ccc(-c2ccccc2)cc1. The van der Waals surface area contributed by atoms with E-state index in [1.807, 2.05) is 42.5 Å². The van der Waals surface area contributed by atoms with Crippen LogP contribution in [0, 0.1) is 5.82 Å². The standard InChI is InChI=1S/C28H21Cl2FN2O2/c29-22-10-15-25(26(30)18-22)28(35)33(24-13-11-23(31)12-14-24)17-16-32-27(34)21-8-6-20(7-9-21)19-4-2-1-3-5-19/h1-15,18H,16-17H2,(H,32,34). The largest absolute Gasteiger partial charge is 0.350 e. The van der Waals surface area contributed by atoms with Crippen LogP contribution in [0.5, 0.6) is 0 Å². The molecule has 4 rings (SSSR count). The van der Waals surface area contributed by atoms with Gasteiger partial charge in [-0.2, -0.15) is 0 Å². The predicted octanol–water partition coefficient (Wildman–Crippen LogP) is 6.88. The molecule has 0 spiro atoms. The van der Waals surface area contributed by atoms with Gasteiger partial charge in [-0.15, -0.1) is 0 Å². The van der Waals surface area contributed by atoms with Crippen LogP contribution in [-0.2, 0) is 0 Å². The highest BCUT2D eigenvalue weighted by molar-refractivity contribution is 6.37. The van der Waals surface area contributed by atoms with Gasteiger partial charge in [0.25, 0.3) is 11.8 Å². The van der Waals surface area contributed by atoms with Crippen LogP contribution in [0.15, 0.2) is 97.1 Å². The molecule has 0 radical (unpaired) electrons. The molecular weight excluding hydrogens is 486 g/mol. The molecule has 0 aliphatic rings. The Balaban J connectivity index is 1.46. The maximum absolute atomic E-state index is 13.5. The van der Waals surface area contributed by atoms with E-state index in [1.165, 1.54) is 41.3 Å². The van der Waals surface area contributed by atoms with Gasteiger partial charge in [-0.05, 0) is 65.7 Å². The second-order valence-corrected chi connectivity index (χ2v) is 8.60. The molecule has 0 atom stereocenters. The third kappa shape index (κ3) is 6.07. The van der Waals surface area contributed by atoms with Gasteiger partial charge < -0.3 is 10.2 Å². The second kappa shape index (κ2) is 11.2. The highest BCUT2D eigenvalue weighted by atomic mass is 35.5. The third-order valence-electron chi connectivity index (χ3n) is 5.42. The summed E-state index contributed by atoms with van der Waals surface area (Å²) in [6.07, 6.45) is 0. The lowest BCUT2D eigenvalue weighted by molar-refractivity contribution is 0.0943. The van der Waals surface area contributed by atoms with E-state index in [4.69, 9.17) is 23.2 Å². The molecule has 0 aliphatic heterocycles. The summed E-state index contributed by atoms with van der Waals surface area (Å²) in [5.74, 6) is -1.07. The molecule has 7 heteroatoms. The van der Waals surface area contributed by atoms with E-state index in [1.54, 1.807) is 18.2 Å². The van der Waals surface area contributed by atoms with Crippen LogP contribution in [0.2, 0.25) is 10.0 Å². The molecule has 0 saturated heterocycles. The molecule has 0 saturated carbocycles. The van der Waals surface area contributed by atoms with Crippen molar-refractivity contribution in [1.29, 1.82) is 0 Å². The summed E-state index contributed by atoms with van der Waals surface area (Å²) in [6, 6.07) is 27.3. The number of hydrogen-bond acceptors (Lipinski definition) is 2. The number of amides is 2. The lowest BCUT2D eigenvalue weighted by Gasteiger charge is -2.24. The van der Waals surface area contributed by atoms with E-state index in [9.17, 15) is 14.0 Å². The van der Waals surface area contributed by atoms with Gasteiger partial charge in [0.1, 0.15) is 5.82 Å². The summed E-state index contributed by atoms with van der Waals surface area (Å²) in [5, 5.41) is 3.45. The zero-order valence-corrected chi connectivity index (χ0v) is 20.1. The molecule has 0 heterocycles. The minimum atomic E-state index is -0.419. The molecule has 1 N–H and O–H groups in total. The molecule has 0 aliphatic carbocycles. The molecule has 0 aromatic heterocycles. The normalized spacial score (nSPS) is 10.6. The molecule has 4 aromatic carbocycles. The second-order valence-electron chi connectivity index (χ2n) is 7.76. The molecular formula is C28H21Cl2FN2O2. The molecule has 0 bridgehead atoms. The van der Waals surface area contributed by atoms with Crippen molar-refractivity contribution in [1.82, 2.24) is 5.32 Å². The summed E-state index contributed by atoms with van der Waals surface area (Å²) in [4.78, 5) is 27.4. The first-order chi connectivity index (χ1) is 16.9. The fourth-order valence-corrected chi connectivity index (χ4v) is 4.09. The van der Waals surface area contributed by atoms with Crippen LogP contribution in [0.25, 0.3) is 11.1 Å². The minimum Gasteiger partial charge on any atom is -0.350 e. The summed E-state index contributed by atoms with van der Waals surface area (Å²) in [5.41, 5.74) is 3.31. The van der Waals surface area contributed by atoms with Crippen LogP contribution < -0.4 is 10.2 Å². The van der Waals surface area contributed by atoms with E-state index in [2.05, 4.69) is 5.32 Å². The number of benzene rings is 4. The fourth-order valence-electron chi connectivity index (χ4n) is 3.61. The van der Waals surface area contributed by atoms with Crippen molar-refractivity contribution in [3.8, 4) is 11.1 Å². The summed E-state index contributed by atoms with van der Waals surface area (Å²) >= 11 is 12.2. The number of nitrogens with zero attached hydrogens (tertiary/aromatic N) is 1. The minimum absolute atomic E-state index is 0.150. The van der Waals surface area contributed by atoms with Gasteiger partial charge in [0.05, 0.1) is 10.6 Å². The number of rotatable bonds is 7. The quantitative estimate of drug-likeness (QED) is 0.297. The summed E-state index contributed by atoms with van der Waals surface area (Å²) in [7, 11) is 0. The van der Waals surface area contributed by atoms with E-state index in [-0.39, 0.29) is 35.5 Å². The monoisotopic (exact) mass is 506 g/mol. The van der Waals surface area contributed by atoms with Gasteiger partial charge in [-0.3, -0.25) is 9.59 Å². The molecule has 4 aromatic rings. The van der Waals surface area contributed by atoms with Crippen molar-refractivity contribution in [3.63, 3.8) is 0 Å². The van der Waals surface area contributed by atoms with Crippen molar-refractivity contribution in [2.24, 2.45) is 0 Å². The Morgan fingerprint density at radius 3 is 2.11 bits per heavy atom. The maximum Gasteiger partial charge on any atom is 0.259 e. The highest BCUT2D eigenvalue weighted by Crippen LogP contribution is 2.25. The zero-order chi connectivity index (χ0) is 24.8.